The van der Waals surface area contributed by atoms with Crippen molar-refractivity contribution in [1.29, 1.82) is 0 Å². The zero-order chi connectivity index (χ0) is 23.0. The van der Waals surface area contributed by atoms with Crippen molar-refractivity contribution < 1.29 is 29.0 Å². The molecule has 168 valence electrons. The van der Waals surface area contributed by atoms with E-state index in [0.29, 0.717) is 17.9 Å². The SMILES string of the molecule is CO/N=C(\C(=O)N[C@@H]1C(=O)N2C(C(=O)[O-])=C(Cn3ccc[n+]3C)CS[C@H]12)c1csc(N)n1. The quantitative estimate of drug-likeness (QED) is 0.197. The fourth-order valence-corrected chi connectivity index (χ4v) is 5.39. The number of fused-ring (bicyclic) bond motifs is 1. The highest BCUT2D eigenvalue weighted by Gasteiger charge is 2.53. The molecule has 0 bridgehead atoms. The number of anilines is 1. The molecule has 0 saturated carbocycles. The Balaban J connectivity index is 1.54. The van der Waals surface area contributed by atoms with Gasteiger partial charge in [-0.15, -0.1) is 27.8 Å². The van der Waals surface area contributed by atoms with Crippen LogP contribution in [0.4, 0.5) is 5.13 Å². The van der Waals surface area contributed by atoms with Crippen molar-refractivity contribution in [2.75, 3.05) is 18.6 Å². The standard InChI is InChI=1S/C18H19N7O5S2/c1-23-4-3-5-24(23)6-9-7-31-16-12(15(27)25(16)13(9)17(28)29)21-14(26)11(22-30-2)10-8-32-18(19)20-10/h3-5,8,12,16H,6-7H2,1-2H3,(H3-,19,20,21,26,28,29)/b22-11-/t12-,16-/m1/s1. The number of carboxylic acids is 1. The molecule has 2 aromatic heterocycles. The number of nitrogen functional groups attached to an aromatic ring is 1. The van der Waals surface area contributed by atoms with Crippen LogP contribution >= 0.6 is 23.1 Å². The molecule has 2 amide bonds. The number of nitrogens with zero attached hydrogens (tertiary/aromatic N) is 5. The zero-order valence-electron chi connectivity index (χ0n) is 17.0. The van der Waals surface area contributed by atoms with Crippen LogP contribution in [0.5, 0.6) is 0 Å². The Morgan fingerprint density at radius 1 is 1.50 bits per heavy atom. The average Bonchev–Trinajstić information content (AvgIpc) is 3.37. The van der Waals surface area contributed by atoms with Crippen molar-refractivity contribution in [3.63, 3.8) is 0 Å². The van der Waals surface area contributed by atoms with Gasteiger partial charge in [0.1, 0.15) is 30.8 Å². The third-order valence-corrected chi connectivity index (χ3v) is 7.02. The summed E-state index contributed by atoms with van der Waals surface area (Å²) >= 11 is 2.49. The van der Waals surface area contributed by atoms with E-state index in [1.807, 2.05) is 24.0 Å². The first-order chi connectivity index (χ1) is 15.3. The van der Waals surface area contributed by atoms with Crippen molar-refractivity contribution in [2.24, 2.45) is 12.2 Å². The third-order valence-electron chi connectivity index (χ3n) is 5.01. The van der Waals surface area contributed by atoms with E-state index >= 15 is 0 Å². The van der Waals surface area contributed by atoms with Crippen molar-refractivity contribution in [3.8, 4) is 0 Å². The minimum absolute atomic E-state index is 0.135. The van der Waals surface area contributed by atoms with Gasteiger partial charge in [-0.2, -0.15) is 4.68 Å². The number of amides is 2. The van der Waals surface area contributed by atoms with Crippen LogP contribution in [0.3, 0.4) is 0 Å². The van der Waals surface area contributed by atoms with Crippen LogP contribution in [0.25, 0.3) is 0 Å². The molecular weight excluding hydrogens is 458 g/mol. The maximum atomic E-state index is 12.8. The zero-order valence-corrected chi connectivity index (χ0v) is 18.7. The molecule has 1 fully saturated rings. The van der Waals surface area contributed by atoms with Crippen molar-refractivity contribution in [1.82, 2.24) is 19.9 Å². The van der Waals surface area contributed by atoms with Crippen LogP contribution < -0.4 is 20.8 Å². The van der Waals surface area contributed by atoms with Gasteiger partial charge in [-0.1, -0.05) is 5.16 Å². The van der Waals surface area contributed by atoms with Gasteiger partial charge < -0.3 is 25.8 Å². The lowest BCUT2D eigenvalue weighted by Crippen LogP contribution is -2.71. The average molecular weight is 478 g/mol. The number of β-lactam (4-membered cyclic amide) rings is 1. The van der Waals surface area contributed by atoms with Gasteiger partial charge in [0.25, 0.3) is 11.8 Å². The van der Waals surface area contributed by atoms with Gasteiger partial charge in [-0.25, -0.2) is 4.98 Å². The Morgan fingerprint density at radius 3 is 2.88 bits per heavy atom. The van der Waals surface area contributed by atoms with Gasteiger partial charge in [0.2, 0.25) is 0 Å². The molecule has 2 atom stereocenters. The molecule has 2 aromatic rings. The van der Waals surface area contributed by atoms with Crippen molar-refractivity contribution in [3.05, 3.63) is 40.8 Å². The Labute approximate surface area is 190 Å². The van der Waals surface area contributed by atoms with E-state index in [9.17, 15) is 19.5 Å². The minimum Gasteiger partial charge on any atom is -0.543 e. The number of hydrogen-bond donors (Lipinski definition) is 2. The van der Waals surface area contributed by atoms with Crippen molar-refractivity contribution in [2.45, 2.75) is 18.0 Å². The van der Waals surface area contributed by atoms with Gasteiger partial charge in [0, 0.05) is 17.2 Å². The number of carboxylic acid groups (broad SMARTS) is 1. The van der Waals surface area contributed by atoms with E-state index in [1.54, 1.807) is 16.3 Å². The number of rotatable bonds is 7. The summed E-state index contributed by atoms with van der Waals surface area (Å²) in [4.78, 5) is 47.4. The smallest absolute Gasteiger partial charge is 0.276 e. The van der Waals surface area contributed by atoms with Crippen LogP contribution in [0, 0.1) is 0 Å². The minimum atomic E-state index is -1.43. The number of oxime groups is 1. The topological polar surface area (TPSA) is 159 Å². The number of hydrogen-bond acceptors (Lipinski definition) is 10. The number of carbonyl (C=O) groups is 3. The number of aliphatic carboxylic acids is 1. The van der Waals surface area contributed by atoms with Gasteiger partial charge in [-0.3, -0.25) is 14.5 Å². The molecule has 2 aliphatic heterocycles. The normalized spacial score (nSPS) is 20.6. The highest BCUT2D eigenvalue weighted by atomic mass is 32.2. The monoisotopic (exact) mass is 477 g/mol. The first-order valence-electron chi connectivity index (χ1n) is 9.34. The summed E-state index contributed by atoms with van der Waals surface area (Å²) in [5, 5.41) is 19.4. The molecule has 14 heteroatoms. The lowest BCUT2D eigenvalue weighted by Gasteiger charge is -2.50. The van der Waals surface area contributed by atoms with E-state index in [2.05, 4.69) is 15.5 Å². The highest BCUT2D eigenvalue weighted by molar-refractivity contribution is 8.00. The van der Waals surface area contributed by atoms with E-state index in [4.69, 9.17) is 10.6 Å². The maximum Gasteiger partial charge on any atom is 0.276 e. The number of aromatic nitrogens is 3. The second kappa shape index (κ2) is 8.63. The Morgan fingerprint density at radius 2 is 2.28 bits per heavy atom. The van der Waals surface area contributed by atoms with Crippen LogP contribution in [0.2, 0.25) is 0 Å². The molecular formula is C18H19N7O5S2. The number of carbonyl (C=O) groups excluding carboxylic acids is 3. The van der Waals surface area contributed by atoms with E-state index in [1.165, 1.54) is 23.8 Å². The summed E-state index contributed by atoms with van der Waals surface area (Å²) in [6, 6.07) is 0.900. The number of thioether (sulfide) groups is 1. The summed E-state index contributed by atoms with van der Waals surface area (Å²) in [6.45, 7) is 0.295. The third kappa shape index (κ3) is 3.82. The fourth-order valence-electron chi connectivity index (χ4n) is 3.51. The molecule has 3 N–H and O–H groups in total. The summed E-state index contributed by atoms with van der Waals surface area (Å²) in [5.41, 5.74) is 6.09. The number of thiazole rings is 1. The highest BCUT2D eigenvalue weighted by Crippen LogP contribution is 2.40. The molecule has 0 aromatic carbocycles. The molecule has 4 rings (SSSR count). The first-order valence-corrected chi connectivity index (χ1v) is 11.3. The molecule has 1 saturated heterocycles. The number of aryl methyl sites for hydroxylation is 1. The van der Waals surface area contributed by atoms with Gasteiger partial charge in [0.15, 0.2) is 24.1 Å². The summed E-state index contributed by atoms with van der Waals surface area (Å²) < 4.78 is 3.62. The molecule has 32 heavy (non-hydrogen) atoms. The molecule has 0 spiro atoms. The van der Waals surface area contributed by atoms with Crippen LogP contribution in [-0.2, 0) is 32.8 Å². The second-order valence-corrected chi connectivity index (χ2v) is 8.95. The van der Waals surface area contributed by atoms with Crippen LogP contribution in [0.15, 0.2) is 40.3 Å². The lowest BCUT2D eigenvalue weighted by atomic mass is 10.0. The molecule has 2 aliphatic rings. The Kier molecular flexibility index (Phi) is 5.88. The predicted octanol–water partition coefficient (Wildman–Crippen LogP) is -2.19. The summed E-state index contributed by atoms with van der Waals surface area (Å²) in [5.74, 6) is -2.29. The lowest BCUT2D eigenvalue weighted by molar-refractivity contribution is -0.752. The molecule has 0 radical (unpaired) electrons. The van der Waals surface area contributed by atoms with Crippen molar-refractivity contribution >= 4 is 51.7 Å². The second-order valence-electron chi connectivity index (χ2n) is 6.96. The predicted molar refractivity (Wildman–Crippen MR) is 113 cm³/mol. The van der Waals surface area contributed by atoms with E-state index in [0.717, 1.165) is 11.3 Å². The molecule has 0 unspecified atom stereocenters. The largest absolute Gasteiger partial charge is 0.543 e. The van der Waals surface area contributed by atoms with Crippen LogP contribution in [-0.4, -0.2) is 62.3 Å². The number of nitrogens with one attached hydrogen (secondary N) is 1. The fraction of sp³-hybridized carbons (Fsp3) is 0.333. The van der Waals surface area contributed by atoms with Crippen LogP contribution in [0.1, 0.15) is 5.69 Å². The van der Waals surface area contributed by atoms with E-state index in [-0.39, 0.29) is 22.2 Å². The maximum absolute atomic E-state index is 12.8. The van der Waals surface area contributed by atoms with Gasteiger partial charge in [-0.05, 0) is 5.57 Å². The number of nitrogens with two attached hydrogens (primary N) is 1. The van der Waals surface area contributed by atoms with E-state index < -0.39 is 29.2 Å². The first kappa shape index (κ1) is 21.8. The molecule has 4 heterocycles. The van der Waals surface area contributed by atoms with Gasteiger partial charge in [0.05, 0.1) is 17.9 Å². The van der Waals surface area contributed by atoms with Gasteiger partial charge >= 0.3 is 0 Å². The Hall–Kier alpha value is -3.39. The molecule has 0 aliphatic carbocycles. The summed E-state index contributed by atoms with van der Waals surface area (Å²) in [7, 11) is 3.10. The molecule has 12 nitrogen and oxygen atoms in total. The summed E-state index contributed by atoms with van der Waals surface area (Å²) in [6.07, 6.45) is 3.63. The Bertz CT molecular complexity index is 1150.